The van der Waals surface area contributed by atoms with Crippen molar-refractivity contribution in [2.24, 2.45) is 0 Å². The third-order valence-corrected chi connectivity index (χ3v) is 4.23. The van der Waals surface area contributed by atoms with Gasteiger partial charge in [-0.3, -0.25) is 4.79 Å². The van der Waals surface area contributed by atoms with Gasteiger partial charge in [0.2, 0.25) is 11.5 Å². The van der Waals surface area contributed by atoms with Gasteiger partial charge in [0.1, 0.15) is 17.6 Å². The minimum atomic E-state index is -0.229. The maximum absolute atomic E-state index is 12.8. The number of benzene rings is 2. The number of aryl methyl sites for hydroxylation is 1. The smallest absolute Gasteiger partial charge is 0.232 e. The first-order valence-corrected chi connectivity index (χ1v) is 8.41. The normalized spacial score (nSPS) is 13.5. The molecule has 7 nitrogen and oxygen atoms in total. The van der Waals surface area contributed by atoms with E-state index < -0.39 is 0 Å². The number of fused-ring (bicyclic) bond motifs is 1. The highest BCUT2D eigenvalue weighted by atomic mass is 16.5. The molecule has 2 aromatic rings. The van der Waals surface area contributed by atoms with Gasteiger partial charge in [-0.25, -0.2) is 0 Å². The summed E-state index contributed by atoms with van der Waals surface area (Å²) < 4.78 is 27.1. The molecule has 0 aliphatic carbocycles. The Morgan fingerprint density at radius 1 is 1.07 bits per heavy atom. The van der Waals surface area contributed by atoms with Crippen molar-refractivity contribution in [3.05, 3.63) is 46.7 Å². The number of rotatable bonds is 6. The number of carbonyl (C=O) groups excluding carboxylic acids is 1. The van der Waals surface area contributed by atoms with E-state index in [1.54, 1.807) is 37.3 Å². The number of ether oxygens (including phenoxy) is 5. The number of nitriles is 1. The van der Waals surface area contributed by atoms with E-state index in [0.717, 1.165) is 0 Å². The lowest BCUT2D eigenvalue weighted by atomic mass is 10.0. The van der Waals surface area contributed by atoms with Gasteiger partial charge < -0.3 is 23.7 Å². The summed E-state index contributed by atoms with van der Waals surface area (Å²) in [7, 11) is 4.56. The van der Waals surface area contributed by atoms with Gasteiger partial charge in [-0.1, -0.05) is 0 Å². The van der Waals surface area contributed by atoms with E-state index in [-0.39, 0.29) is 18.1 Å². The Balaban J connectivity index is 1.99. The molecule has 0 aromatic heterocycles. The number of methoxy groups -OCH3 is 3. The highest BCUT2D eigenvalue weighted by Crippen LogP contribution is 2.41. The molecule has 7 heteroatoms. The zero-order valence-corrected chi connectivity index (χ0v) is 16.0. The molecular formula is C21H19NO6. The summed E-state index contributed by atoms with van der Waals surface area (Å²) in [6, 6.07) is 8.67. The number of carbonyl (C=O) groups is 1. The summed E-state index contributed by atoms with van der Waals surface area (Å²) in [6.45, 7) is 1.71. The fourth-order valence-corrected chi connectivity index (χ4v) is 3.01. The first-order chi connectivity index (χ1) is 13.5. The molecule has 28 heavy (non-hydrogen) atoms. The Morgan fingerprint density at radius 2 is 1.75 bits per heavy atom. The summed E-state index contributed by atoms with van der Waals surface area (Å²) in [6.07, 6.45) is 1.61. The van der Waals surface area contributed by atoms with Crippen LogP contribution in [0.15, 0.2) is 30.0 Å². The van der Waals surface area contributed by atoms with Gasteiger partial charge in [-0.05, 0) is 42.3 Å². The Bertz CT molecular complexity index is 978. The molecule has 0 amide bonds. The molecular weight excluding hydrogens is 362 g/mol. The van der Waals surface area contributed by atoms with Crippen molar-refractivity contribution in [2.75, 3.05) is 27.9 Å². The summed E-state index contributed by atoms with van der Waals surface area (Å²) >= 11 is 0. The molecule has 0 unspecified atom stereocenters. The average Bonchev–Trinajstić information content (AvgIpc) is 3.01. The largest absolute Gasteiger partial charge is 0.493 e. The molecule has 0 saturated carbocycles. The molecule has 1 heterocycles. The summed E-state index contributed by atoms with van der Waals surface area (Å²) in [5, 5.41) is 8.66. The second kappa shape index (κ2) is 7.92. The molecule has 0 saturated heterocycles. The van der Waals surface area contributed by atoms with Crippen LogP contribution in [-0.4, -0.2) is 33.7 Å². The number of hydrogen-bond donors (Lipinski definition) is 0. The molecule has 0 N–H and O–H groups in total. The van der Waals surface area contributed by atoms with E-state index in [1.807, 2.05) is 6.07 Å². The zero-order chi connectivity index (χ0) is 20.3. The first kappa shape index (κ1) is 19.1. The molecule has 1 aliphatic heterocycles. The molecule has 0 atom stereocenters. The highest BCUT2D eigenvalue weighted by Gasteiger charge is 2.30. The molecule has 0 fully saturated rings. The van der Waals surface area contributed by atoms with Crippen LogP contribution in [0.1, 0.15) is 21.5 Å². The second-order valence-electron chi connectivity index (χ2n) is 5.96. The number of allylic oxidation sites excluding steroid dienone is 1. The standard InChI is InChI=1S/C21H19NO6/c1-12-7-14(27-6-5-22)11-15-19(12)20(23)16(28-15)8-13-9-17(24-2)21(26-4)18(10-13)25-3/h7-11H,6H2,1-4H3/b16-8-. The van der Waals surface area contributed by atoms with Crippen LogP contribution in [0.3, 0.4) is 0 Å². The van der Waals surface area contributed by atoms with Gasteiger partial charge in [-0.2, -0.15) is 5.26 Å². The van der Waals surface area contributed by atoms with Crippen molar-refractivity contribution < 1.29 is 28.5 Å². The SMILES string of the molecule is COc1cc(/C=C2\Oc3cc(OCC#N)cc(C)c3C2=O)cc(OC)c1OC. The maximum Gasteiger partial charge on any atom is 0.232 e. The van der Waals surface area contributed by atoms with Crippen LogP contribution in [0.25, 0.3) is 6.08 Å². The van der Waals surface area contributed by atoms with Crippen molar-refractivity contribution in [3.8, 4) is 34.8 Å². The quantitative estimate of drug-likeness (QED) is 0.707. The molecule has 3 rings (SSSR count). The average molecular weight is 381 g/mol. The van der Waals surface area contributed by atoms with Crippen LogP contribution < -0.4 is 23.7 Å². The van der Waals surface area contributed by atoms with Gasteiger partial charge in [-0.15, -0.1) is 0 Å². The van der Waals surface area contributed by atoms with Crippen molar-refractivity contribution in [1.29, 1.82) is 5.26 Å². The monoisotopic (exact) mass is 381 g/mol. The summed E-state index contributed by atoms with van der Waals surface area (Å²) in [5.74, 6) is 2.22. The Morgan fingerprint density at radius 3 is 2.32 bits per heavy atom. The van der Waals surface area contributed by atoms with Gasteiger partial charge >= 0.3 is 0 Å². The van der Waals surface area contributed by atoms with E-state index in [9.17, 15) is 4.79 Å². The summed E-state index contributed by atoms with van der Waals surface area (Å²) in [4.78, 5) is 12.8. The second-order valence-corrected chi connectivity index (χ2v) is 5.96. The molecule has 2 aromatic carbocycles. The van der Waals surface area contributed by atoms with Gasteiger partial charge in [0.05, 0.1) is 26.9 Å². The summed E-state index contributed by atoms with van der Waals surface area (Å²) in [5.41, 5.74) is 1.84. The fourth-order valence-electron chi connectivity index (χ4n) is 3.01. The van der Waals surface area contributed by atoms with E-state index in [4.69, 9.17) is 28.9 Å². The predicted molar refractivity (Wildman–Crippen MR) is 101 cm³/mol. The molecule has 0 radical (unpaired) electrons. The van der Waals surface area contributed by atoms with Crippen molar-refractivity contribution in [1.82, 2.24) is 0 Å². The number of nitrogens with zero attached hydrogens (tertiary/aromatic N) is 1. The van der Waals surface area contributed by atoms with Gasteiger partial charge in [0, 0.05) is 6.07 Å². The molecule has 144 valence electrons. The van der Waals surface area contributed by atoms with Crippen LogP contribution in [0, 0.1) is 18.3 Å². The molecule has 0 spiro atoms. The third kappa shape index (κ3) is 3.45. The third-order valence-electron chi connectivity index (χ3n) is 4.23. The van der Waals surface area contributed by atoms with Crippen molar-refractivity contribution >= 4 is 11.9 Å². The Labute approximate surface area is 162 Å². The number of Topliss-reactive ketones (excluding diaryl/α,β-unsaturated/α-hetero) is 1. The van der Waals surface area contributed by atoms with E-state index >= 15 is 0 Å². The Kier molecular flexibility index (Phi) is 5.41. The van der Waals surface area contributed by atoms with E-state index in [2.05, 4.69) is 0 Å². The predicted octanol–water partition coefficient (Wildman–Crippen LogP) is 3.54. The first-order valence-electron chi connectivity index (χ1n) is 8.41. The number of ketones is 1. The van der Waals surface area contributed by atoms with Gasteiger partial charge in [0.15, 0.2) is 23.9 Å². The van der Waals surface area contributed by atoms with E-state index in [1.165, 1.54) is 21.3 Å². The minimum absolute atomic E-state index is 0.0830. The maximum atomic E-state index is 12.8. The lowest BCUT2D eigenvalue weighted by Crippen LogP contribution is -2.00. The van der Waals surface area contributed by atoms with Crippen LogP contribution in [0.5, 0.6) is 28.7 Å². The topological polar surface area (TPSA) is 87.0 Å². The van der Waals surface area contributed by atoms with E-state index in [0.29, 0.717) is 45.4 Å². The van der Waals surface area contributed by atoms with Gasteiger partial charge in [0.25, 0.3) is 0 Å². The highest BCUT2D eigenvalue weighted by molar-refractivity contribution is 6.15. The van der Waals surface area contributed by atoms with Crippen LogP contribution in [0.2, 0.25) is 0 Å². The van der Waals surface area contributed by atoms with Crippen molar-refractivity contribution in [2.45, 2.75) is 6.92 Å². The van der Waals surface area contributed by atoms with Crippen LogP contribution in [0.4, 0.5) is 0 Å². The lowest BCUT2D eigenvalue weighted by Gasteiger charge is -2.13. The van der Waals surface area contributed by atoms with Crippen molar-refractivity contribution in [3.63, 3.8) is 0 Å². The zero-order valence-electron chi connectivity index (χ0n) is 16.0. The molecule has 0 bridgehead atoms. The van der Waals surface area contributed by atoms with Crippen LogP contribution in [-0.2, 0) is 0 Å². The number of hydrogen-bond acceptors (Lipinski definition) is 7. The molecule has 1 aliphatic rings. The Hall–Kier alpha value is -3.66. The van der Waals surface area contributed by atoms with Crippen LogP contribution >= 0.6 is 0 Å². The minimum Gasteiger partial charge on any atom is -0.493 e. The lowest BCUT2D eigenvalue weighted by molar-refractivity contribution is 0.101. The fraction of sp³-hybridized carbons (Fsp3) is 0.238.